The smallest absolute Gasteiger partial charge is 0.186 e. The van der Waals surface area contributed by atoms with Crippen LogP contribution < -0.4 is 4.90 Å². The fourth-order valence-corrected chi connectivity index (χ4v) is 3.50. The maximum atomic E-state index is 9.03. The second kappa shape index (κ2) is 6.23. The Hall–Kier alpha value is -2.03. The van der Waals surface area contributed by atoms with Crippen LogP contribution in [0.25, 0.3) is 17.0 Å². The maximum absolute atomic E-state index is 9.03. The molecule has 7 nitrogen and oxygen atoms in total. The summed E-state index contributed by atoms with van der Waals surface area (Å²) in [4.78, 5) is 4.54. The molecular formula is C15H18N6OS. The topological polar surface area (TPSA) is 69.8 Å². The Morgan fingerprint density at radius 1 is 1.09 bits per heavy atom. The Morgan fingerprint density at radius 2 is 1.96 bits per heavy atom. The molecule has 0 radical (unpaired) electrons. The minimum atomic E-state index is 0.217. The zero-order valence-corrected chi connectivity index (χ0v) is 13.5. The molecular weight excluding hydrogens is 312 g/mol. The number of aromatic nitrogens is 4. The van der Waals surface area contributed by atoms with Crippen molar-refractivity contribution in [2.24, 2.45) is 0 Å². The predicted octanol–water partition coefficient (Wildman–Crippen LogP) is 0.967. The lowest BCUT2D eigenvalue weighted by molar-refractivity contribution is 0.188. The van der Waals surface area contributed by atoms with Crippen LogP contribution in [0, 0.1) is 0 Å². The van der Waals surface area contributed by atoms with Gasteiger partial charge in [-0.15, -0.1) is 15.3 Å². The van der Waals surface area contributed by atoms with Gasteiger partial charge in [-0.05, 0) is 23.6 Å². The molecule has 8 heteroatoms. The van der Waals surface area contributed by atoms with E-state index in [4.69, 9.17) is 10.2 Å². The highest BCUT2D eigenvalue weighted by atomic mass is 32.1. The summed E-state index contributed by atoms with van der Waals surface area (Å²) in [7, 11) is 0. The van der Waals surface area contributed by atoms with Crippen LogP contribution in [-0.2, 0) is 0 Å². The van der Waals surface area contributed by atoms with Crippen LogP contribution in [0.5, 0.6) is 0 Å². The normalized spacial score (nSPS) is 16.3. The molecule has 3 aromatic rings. The Bertz CT molecular complexity index is 778. The van der Waals surface area contributed by atoms with Gasteiger partial charge in [0.1, 0.15) is 5.82 Å². The van der Waals surface area contributed by atoms with Gasteiger partial charge in [0.25, 0.3) is 0 Å². The highest BCUT2D eigenvalue weighted by Crippen LogP contribution is 2.22. The molecule has 120 valence electrons. The SMILES string of the molecule is OCCN1CCN(c2ccc3nnc(-c4ccsc4)n3n2)CC1. The monoisotopic (exact) mass is 330 g/mol. The minimum absolute atomic E-state index is 0.217. The van der Waals surface area contributed by atoms with Gasteiger partial charge in [0.15, 0.2) is 11.5 Å². The molecule has 0 amide bonds. The lowest BCUT2D eigenvalue weighted by atomic mass is 10.3. The van der Waals surface area contributed by atoms with Crippen molar-refractivity contribution in [2.75, 3.05) is 44.2 Å². The van der Waals surface area contributed by atoms with Crippen LogP contribution in [0.15, 0.2) is 29.0 Å². The van der Waals surface area contributed by atoms with Gasteiger partial charge in [-0.3, -0.25) is 4.90 Å². The van der Waals surface area contributed by atoms with E-state index in [1.165, 1.54) is 0 Å². The number of fused-ring (bicyclic) bond motifs is 1. The molecule has 0 aromatic carbocycles. The lowest BCUT2D eigenvalue weighted by Gasteiger charge is -2.34. The number of piperazine rings is 1. The van der Waals surface area contributed by atoms with Crippen LogP contribution >= 0.6 is 11.3 Å². The van der Waals surface area contributed by atoms with Gasteiger partial charge in [0.2, 0.25) is 0 Å². The van der Waals surface area contributed by atoms with Crippen molar-refractivity contribution in [1.29, 1.82) is 0 Å². The van der Waals surface area contributed by atoms with Gasteiger partial charge in [-0.2, -0.15) is 15.9 Å². The standard InChI is InChI=1S/C15H18N6OS/c22-9-8-19-4-6-20(7-5-19)14-2-1-13-16-17-15(21(13)18-14)12-3-10-23-11-12/h1-3,10-11,22H,4-9H2. The number of anilines is 1. The highest BCUT2D eigenvalue weighted by molar-refractivity contribution is 7.08. The first-order chi connectivity index (χ1) is 11.3. The molecule has 1 N–H and O–H groups in total. The van der Waals surface area contributed by atoms with Gasteiger partial charge in [0.05, 0.1) is 6.61 Å². The highest BCUT2D eigenvalue weighted by Gasteiger charge is 2.19. The third-order valence-electron chi connectivity index (χ3n) is 4.14. The average molecular weight is 330 g/mol. The first kappa shape index (κ1) is 14.6. The van der Waals surface area contributed by atoms with Crippen molar-refractivity contribution < 1.29 is 5.11 Å². The largest absolute Gasteiger partial charge is 0.395 e. The summed E-state index contributed by atoms with van der Waals surface area (Å²) >= 11 is 1.64. The van der Waals surface area contributed by atoms with Crippen molar-refractivity contribution in [3.8, 4) is 11.4 Å². The van der Waals surface area contributed by atoms with Gasteiger partial charge >= 0.3 is 0 Å². The summed E-state index contributed by atoms with van der Waals surface area (Å²) in [5, 5.41) is 26.3. The van der Waals surface area contributed by atoms with Crippen molar-refractivity contribution in [3.05, 3.63) is 29.0 Å². The summed E-state index contributed by atoms with van der Waals surface area (Å²) in [5.41, 5.74) is 1.80. The predicted molar refractivity (Wildman–Crippen MR) is 89.8 cm³/mol. The third-order valence-corrected chi connectivity index (χ3v) is 4.82. The fraction of sp³-hybridized carbons (Fsp3) is 0.400. The van der Waals surface area contributed by atoms with Crippen LogP contribution in [0.1, 0.15) is 0 Å². The average Bonchev–Trinajstić information content (AvgIpc) is 3.24. The molecule has 0 unspecified atom stereocenters. The number of rotatable bonds is 4. The molecule has 1 aliphatic heterocycles. The van der Waals surface area contributed by atoms with Gasteiger partial charge in [-0.25, -0.2) is 0 Å². The first-order valence-corrected chi connectivity index (χ1v) is 8.62. The molecule has 0 atom stereocenters. The summed E-state index contributed by atoms with van der Waals surface area (Å²) in [6, 6.07) is 6.00. The second-order valence-corrected chi connectivity index (χ2v) is 6.33. The van der Waals surface area contributed by atoms with Crippen molar-refractivity contribution in [1.82, 2.24) is 24.7 Å². The molecule has 3 aromatic heterocycles. The van der Waals surface area contributed by atoms with E-state index in [9.17, 15) is 0 Å². The van der Waals surface area contributed by atoms with Gasteiger partial charge < -0.3 is 10.0 Å². The second-order valence-electron chi connectivity index (χ2n) is 5.55. The summed E-state index contributed by atoms with van der Waals surface area (Å²) in [6.07, 6.45) is 0. The number of hydrogen-bond acceptors (Lipinski definition) is 7. The fourth-order valence-electron chi connectivity index (χ4n) is 2.86. The maximum Gasteiger partial charge on any atom is 0.186 e. The molecule has 4 heterocycles. The van der Waals surface area contributed by atoms with Gasteiger partial charge in [0, 0.05) is 43.7 Å². The summed E-state index contributed by atoms with van der Waals surface area (Å²) in [6.45, 7) is 4.67. The summed E-state index contributed by atoms with van der Waals surface area (Å²) < 4.78 is 1.82. The van der Waals surface area contributed by atoms with Crippen LogP contribution in [-0.4, -0.2) is 69.1 Å². The molecule has 0 spiro atoms. The molecule has 1 saturated heterocycles. The van der Waals surface area contributed by atoms with Gasteiger partial charge in [-0.1, -0.05) is 0 Å². The zero-order chi connectivity index (χ0) is 15.6. The van der Waals surface area contributed by atoms with Crippen molar-refractivity contribution in [2.45, 2.75) is 0 Å². The quantitative estimate of drug-likeness (QED) is 0.769. The Balaban J connectivity index is 1.60. The van der Waals surface area contributed by atoms with E-state index < -0.39 is 0 Å². The van der Waals surface area contributed by atoms with E-state index in [1.807, 2.05) is 28.1 Å². The van der Waals surface area contributed by atoms with E-state index in [0.29, 0.717) is 0 Å². The van der Waals surface area contributed by atoms with Crippen LogP contribution in [0.3, 0.4) is 0 Å². The molecule has 0 bridgehead atoms. The zero-order valence-electron chi connectivity index (χ0n) is 12.7. The van der Waals surface area contributed by atoms with E-state index in [-0.39, 0.29) is 6.61 Å². The van der Waals surface area contributed by atoms with E-state index in [2.05, 4.69) is 25.4 Å². The lowest BCUT2D eigenvalue weighted by Crippen LogP contribution is -2.47. The Labute approximate surface area is 137 Å². The van der Waals surface area contributed by atoms with E-state index in [0.717, 1.165) is 55.6 Å². The summed E-state index contributed by atoms with van der Waals surface area (Å²) in [5.74, 6) is 1.72. The molecule has 1 fully saturated rings. The number of aliphatic hydroxyl groups excluding tert-OH is 1. The molecule has 0 aliphatic carbocycles. The molecule has 1 aliphatic rings. The number of hydrogen-bond donors (Lipinski definition) is 1. The molecule has 23 heavy (non-hydrogen) atoms. The first-order valence-electron chi connectivity index (χ1n) is 7.68. The number of aliphatic hydroxyl groups is 1. The van der Waals surface area contributed by atoms with E-state index in [1.54, 1.807) is 11.3 Å². The molecule has 0 saturated carbocycles. The van der Waals surface area contributed by atoms with Crippen LogP contribution in [0.2, 0.25) is 0 Å². The number of nitrogens with zero attached hydrogens (tertiary/aromatic N) is 6. The van der Waals surface area contributed by atoms with Crippen molar-refractivity contribution in [3.63, 3.8) is 0 Å². The van der Waals surface area contributed by atoms with E-state index >= 15 is 0 Å². The third kappa shape index (κ3) is 2.80. The molecule has 4 rings (SSSR count). The number of β-amino-alcohol motifs (C(OH)–C–C–N with tert-alkyl or cyclic N) is 1. The Morgan fingerprint density at radius 3 is 2.70 bits per heavy atom. The van der Waals surface area contributed by atoms with Crippen molar-refractivity contribution >= 4 is 22.8 Å². The minimum Gasteiger partial charge on any atom is -0.395 e. The Kier molecular flexibility index (Phi) is 3.94. The number of thiophene rings is 1. The van der Waals surface area contributed by atoms with Crippen LogP contribution in [0.4, 0.5) is 5.82 Å².